The van der Waals surface area contributed by atoms with E-state index in [1.54, 1.807) is 31.4 Å². The third-order valence-electron chi connectivity index (χ3n) is 4.32. The predicted octanol–water partition coefficient (Wildman–Crippen LogP) is 2.98. The molecule has 1 aliphatic carbocycles. The molecule has 1 aromatic rings. The average molecular weight is 356 g/mol. The summed E-state index contributed by atoms with van der Waals surface area (Å²) >= 11 is 0. The zero-order valence-electron chi connectivity index (χ0n) is 15.0. The van der Waals surface area contributed by atoms with Crippen LogP contribution in [0.3, 0.4) is 0 Å². The highest BCUT2D eigenvalue weighted by molar-refractivity contribution is 5.98. The molecule has 1 aliphatic rings. The molecule has 0 saturated heterocycles. The Morgan fingerprint density at radius 1 is 1.19 bits per heavy atom. The van der Waals surface area contributed by atoms with E-state index in [0.717, 1.165) is 25.7 Å². The van der Waals surface area contributed by atoms with Gasteiger partial charge in [-0.2, -0.15) is 5.26 Å². The Kier molecular flexibility index (Phi) is 7.69. The minimum absolute atomic E-state index is 0.147. The number of esters is 1. The number of nitrogens with zero attached hydrogens (tertiary/aromatic N) is 1. The maximum absolute atomic E-state index is 12.0. The third-order valence-corrected chi connectivity index (χ3v) is 4.32. The number of carbonyl (C=O) groups is 2. The number of rotatable bonds is 6. The largest absolute Gasteiger partial charge is 0.497 e. The van der Waals surface area contributed by atoms with E-state index >= 15 is 0 Å². The Morgan fingerprint density at radius 3 is 2.42 bits per heavy atom. The minimum Gasteiger partial charge on any atom is -0.497 e. The first-order valence-electron chi connectivity index (χ1n) is 8.84. The second-order valence-corrected chi connectivity index (χ2v) is 6.28. The molecule has 6 nitrogen and oxygen atoms in total. The highest BCUT2D eigenvalue weighted by Gasteiger charge is 2.17. The van der Waals surface area contributed by atoms with Crippen molar-refractivity contribution >= 4 is 18.0 Å². The van der Waals surface area contributed by atoms with Crippen LogP contribution in [0, 0.1) is 11.3 Å². The van der Waals surface area contributed by atoms with Gasteiger partial charge in [-0.25, -0.2) is 4.79 Å². The molecule has 26 heavy (non-hydrogen) atoms. The lowest BCUT2D eigenvalue weighted by Gasteiger charge is -2.16. The summed E-state index contributed by atoms with van der Waals surface area (Å²) in [5.41, 5.74) is 0.514. The van der Waals surface area contributed by atoms with E-state index in [1.165, 1.54) is 18.9 Å². The summed E-state index contributed by atoms with van der Waals surface area (Å²) in [6.07, 6.45) is 7.94. The number of nitriles is 1. The third kappa shape index (κ3) is 6.25. The van der Waals surface area contributed by atoms with Crippen LogP contribution in [-0.2, 0) is 14.3 Å². The predicted molar refractivity (Wildman–Crippen MR) is 97.2 cm³/mol. The smallest absolute Gasteiger partial charge is 0.349 e. The Morgan fingerprint density at radius 2 is 1.85 bits per heavy atom. The summed E-state index contributed by atoms with van der Waals surface area (Å²) in [5.74, 6) is -0.454. The standard InChI is InChI=1S/C20H24N2O4/c1-25-18-10-8-15(9-11-18)12-16(13-21)20(24)26-14-19(23)22-17-6-4-2-3-5-7-17/h8-12,17H,2-7,14H2,1H3,(H,22,23). The summed E-state index contributed by atoms with van der Waals surface area (Å²) in [5, 5.41) is 12.1. The van der Waals surface area contributed by atoms with Gasteiger partial charge < -0.3 is 14.8 Å². The van der Waals surface area contributed by atoms with Gasteiger partial charge in [0.1, 0.15) is 17.4 Å². The number of methoxy groups -OCH3 is 1. The molecule has 6 heteroatoms. The van der Waals surface area contributed by atoms with Gasteiger partial charge in [0.25, 0.3) is 5.91 Å². The van der Waals surface area contributed by atoms with Gasteiger partial charge in [-0.05, 0) is 36.6 Å². The Hall–Kier alpha value is -2.81. The van der Waals surface area contributed by atoms with E-state index in [1.807, 2.05) is 6.07 Å². The Balaban J connectivity index is 1.86. The second-order valence-electron chi connectivity index (χ2n) is 6.28. The van der Waals surface area contributed by atoms with Gasteiger partial charge in [0.05, 0.1) is 7.11 Å². The van der Waals surface area contributed by atoms with Crippen molar-refractivity contribution in [2.24, 2.45) is 0 Å². The normalized spacial score (nSPS) is 15.5. The summed E-state index contributed by atoms with van der Waals surface area (Å²) in [6.45, 7) is -0.378. The summed E-state index contributed by atoms with van der Waals surface area (Å²) in [6, 6.07) is 8.87. The van der Waals surface area contributed by atoms with Gasteiger partial charge in [0, 0.05) is 6.04 Å². The number of nitrogens with one attached hydrogen (secondary N) is 1. The van der Waals surface area contributed by atoms with E-state index in [0.29, 0.717) is 11.3 Å². The topological polar surface area (TPSA) is 88.4 Å². The fourth-order valence-corrected chi connectivity index (χ4v) is 2.91. The van der Waals surface area contributed by atoms with Crippen molar-refractivity contribution < 1.29 is 19.1 Å². The first kappa shape index (κ1) is 19.5. The highest BCUT2D eigenvalue weighted by Crippen LogP contribution is 2.17. The molecule has 0 atom stereocenters. The van der Waals surface area contributed by atoms with Crippen LogP contribution in [0.4, 0.5) is 0 Å². The highest BCUT2D eigenvalue weighted by atomic mass is 16.5. The number of hydrogen-bond donors (Lipinski definition) is 1. The minimum atomic E-state index is -0.806. The van der Waals surface area contributed by atoms with Crippen LogP contribution >= 0.6 is 0 Å². The number of benzene rings is 1. The Bertz CT molecular complexity index is 681. The molecule has 1 fully saturated rings. The molecule has 0 spiro atoms. The maximum Gasteiger partial charge on any atom is 0.349 e. The van der Waals surface area contributed by atoms with Crippen molar-refractivity contribution in [1.29, 1.82) is 5.26 Å². The average Bonchev–Trinajstić information content (AvgIpc) is 2.93. The maximum atomic E-state index is 12.0. The lowest BCUT2D eigenvalue weighted by molar-refractivity contribution is -0.144. The molecule has 0 heterocycles. The second kappa shape index (κ2) is 10.2. The molecule has 1 saturated carbocycles. The lowest BCUT2D eigenvalue weighted by atomic mass is 10.1. The van der Waals surface area contributed by atoms with E-state index in [9.17, 15) is 14.9 Å². The van der Waals surface area contributed by atoms with Crippen molar-refractivity contribution in [3.63, 3.8) is 0 Å². The fraction of sp³-hybridized carbons (Fsp3) is 0.450. The summed E-state index contributed by atoms with van der Waals surface area (Å²) in [4.78, 5) is 24.0. The molecule has 0 radical (unpaired) electrons. The molecule has 1 N–H and O–H groups in total. The molecule has 1 amide bonds. The van der Waals surface area contributed by atoms with E-state index < -0.39 is 5.97 Å². The number of amides is 1. The van der Waals surface area contributed by atoms with Crippen LogP contribution in [0.2, 0.25) is 0 Å². The van der Waals surface area contributed by atoms with Crippen LogP contribution in [0.15, 0.2) is 29.8 Å². The van der Waals surface area contributed by atoms with Crippen molar-refractivity contribution in [2.45, 2.75) is 44.6 Å². The van der Waals surface area contributed by atoms with Gasteiger partial charge in [0.15, 0.2) is 6.61 Å². The zero-order valence-corrected chi connectivity index (χ0v) is 15.0. The van der Waals surface area contributed by atoms with Crippen LogP contribution in [0.25, 0.3) is 6.08 Å². The molecule has 0 bridgehead atoms. The van der Waals surface area contributed by atoms with Crippen molar-refractivity contribution in [3.8, 4) is 11.8 Å². The molecular weight excluding hydrogens is 332 g/mol. The SMILES string of the molecule is COc1ccc(C=C(C#N)C(=O)OCC(=O)NC2CCCCCC2)cc1. The first-order chi connectivity index (χ1) is 12.6. The van der Waals surface area contributed by atoms with Crippen LogP contribution in [0.5, 0.6) is 5.75 Å². The molecule has 2 rings (SSSR count). The first-order valence-corrected chi connectivity index (χ1v) is 8.84. The van der Waals surface area contributed by atoms with Crippen molar-refractivity contribution in [2.75, 3.05) is 13.7 Å². The molecule has 138 valence electrons. The lowest BCUT2D eigenvalue weighted by Crippen LogP contribution is -2.37. The monoisotopic (exact) mass is 356 g/mol. The summed E-state index contributed by atoms with van der Waals surface area (Å²) in [7, 11) is 1.56. The van der Waals surface area contributed by atoms with Gasteiger partial charge in [-0.15, -0.1) is 0 Å². The quantitative estimate of drug-likeness (QED) is 0.366. The van der Waals surface area contributed by atoms with Crippen LogP contribution < -0.4 is 10.1 Å². The van der Waals surface area contributed by atoms with Gasteiger partial charge in [-0.1, -0.05) is 37.8 Å². The number of carbonyl (C=O) groups excluding carboxylic acids is 2. The van der Waals surface area contributed by atoms with E-state index in [2.05, 4.69) is 5.32 Å². The molecule has 1 aromatic carbocycles. The van der Waals surface area contributed by atoms with Crippen molar-refractivity contribution in [1.82, 2.24) is 5.32 Å². The van der Waals surface area contributed by atoms with Gasteiger partial charge >= 0.3 is 5.97 Å². The van der Waals surface area contributed by atoms with Gasteiger partial charge in [0.2, 0.25) is 0 Å². The molecule has 0 aromatic heterocycles. The van der Waals surface area contributed by atoms with E-state index in [-0.39, 0.29) is 24.1 Å². The van der Waals surface area contributed by atoms with Crippen molar-refractivity contribution in [3.05, 3.63) is 35.4 Å². The zero-order chi connectivity index (χ0) is 18.8. The number of ether oxygens (including phenoxy) is 2. The molecule has 0 unspecified atom stereocenters. The molecular formula is C20H24N2O4. The fourth-order valence-electron chi connectivity index (χ4n) is 2.91. The van der Waals surface area contributed by atoms with E-state index in [4.69, 9.17) is 9.47 Å². The van der Waals surface area contributed by atoms with Crippen LogP contribution in [-0.4, -0.2) is 31.6 Å². The van der Waals surface area contributed by atoms with Gasteiger partial charge in [-0.3, -0.25) is 4.79 Å². The Labute approximate surface area is 153 Å². The summed E-state index contributed by atoms with van der Waals surface area (Å²) < 4.78 is 10.0. The molecule has 0 aliphatic heterocycles. The van der Waals surface area contributed by atoms with Crippen LogP contribution in [0.1, 0.15) is 44.1 Å². The number of hydrogen-bond acceptors (Lipinski definition) is 5.